The van der Waals surface area contributed by atoms with Gasteiger partial charge in [-0.3, -0.25) is 34.2 Å². The predicted octanol–water partition coefficient (Wildman–Crippen LogP) is 3.90. The highest BCUT2D eigenvalue weighted by atomic mass is 19.3. The molecule has 8 rings (SSSR count). The number of imide groups is 1. The van der Waals surface area contributed by atoms with Gasteiger partial charge >= 0.3 is 5.92 Å². The van der Waals surface area contributed by atoms with Crippen LogP contribution in [0.3, 0.4) is 0 Å². The molecule has 1 aliphatic carbocycles. The summed E-state index contributed by atoms with van der Waals surface area (Å²) in [5.74, 6) is -5.51. The van der Waals surface area contributed by atoms with Gasteiger partial charge in [0.05, 0.1) is 31.2 Å². The molecule has 1 aromatic heterocycles. The first-order valence-electron chi connectivity index (χ1n) is 22.4. The molecule has 4 aliphatic heterocycles. The van der Waals surface area contributed by atoms with Gasteiger partial charge in [-0.1, -0.05) is 12.8 Å². The Kier molecular flexibility index (Phi) is 13.3. The van der Waals surface area contributed by atoms with Gasteiger partial charge in [0.1, 0.15) is 23.3 Å². The van der Waals surface area contributed by atoms with Gasteiger partial charge in [-0.05, 0) is 68.5 Å². The van der Waals surface area contributed by atoms with E-state index in [1.54, 1.807) is 42.3 Å². The maximum absolute atomic E-state index is 15.4. The SMILES string of the molecule is COc1cc(C(=O)NC2CCN(C(=O)CCN3CCN(c4ccc(N(C)C5CCC(=O)NC5=O)cc4F)CC3)CC2)ccc1Nc1ncc2c(n1)N(C1CCCC1)CC(F)(F)C(=O)N2C. The number of fused-ring (bicyclic) bond motifs is 1. The van der Waals surface area contributed by atoms with Gasteiger partial charge in [-0.15, -0.1) is 0 Å². The second kappa shape index (κ2) is 19.1. The molecule has 0 bridgehead atoms. The number of nitrogens with one attached hydrogen (secondary N) is 3. The van der Waals surface area contributed by atoms with Gasteiger partial charge in [-0.2, -0.15) is 13.8 Å². The van der Waals surface area contributed by atoms with Crippen LogP contribution in [0.25, 0.3) is 0 Å². The number of nitrogens with zero attached hydrogens (tertiary/aromatic N) is 8. The van der Waals surface area contributed by atoms with Gasteiger partial charge in [0.25, 0.3) is 11.8 Å². The number of piperidine rings is 2. The fourth-order valence-corrected chi connectivity index (χ4v) is 9.53. The molecule has 5 amide bonds. The molecule has 5 heterocycles. The Bertz CT molecular complexity index is 2300. The van der Waals surface area contributed by atoms with E-state index >= 15 is 13.2 Å². The molecule has 17 nitrogen and oxygen atoms in total. The standard InChI is InChI=1S/C45H56F3N11O6/c1-54(35-12-13-38(60)52-42(35)63)31-9-11-34(32(46)25-31)57-22-20-56(21-23-57)17-16-39(61)58-18-14-29(15-19-58)50-41(62)28-8-10-33(37(24-28)65-3)51-44-49-26-36-40(53-44)59(30-6-4-5-7-30)27-45(47,48)43(64)55(36)2/h8-11,24-26,29-30,35H,4-7,12-23,27H2,1-3H3,(H,50,62)(H,49,51,53)(H,52,60,63). The third-order valence-electron chi connectivity index (χ3n) is 13.4. The van der Waals surface area contributed by atoms with Gasteiger partial charge < -0.3 is 39.9 Å². The van der Waals surface area contributed by atoms with Crippen LogP contribution in [0.1, 0.15) is 68.1 Å². The third kappa shape index (κ3) is 9.91. The number of halogens is 3. The minimum Gasteiger partial charge on any atom is -0.495 e. The number of piperazine rings is 1. The van der Waals surface area contributed by atoms with E-state index in [1.165, 1.54) is 31.3 Å². The minimum atomic E-state index is -3.59. The first kappa shape index (κ1) is 45.4. The molecule has 0 spiro atoms. The Morgan fingerprint density at radius 2 is 1.69 bits per heavy atom. The smallest absolute Gasteiger partial charge is 0.342 e. The molecule has 3 saturated heterocycles. The zero-order chi connectivity index (χ0) is 46.0. The van der Waals surface area contributed by atoms with E-state index in [2.05, 4.69) is 30.8 Å². The van der Waals surface area contributed by atoms with Gasteiger partial charge in [0.2, 0.25) is 23.7 Å². The van der Waals surface area contributed by atoms with Crippen LogP contribution in [-0.2, 0) is 19.2 Å². The Morgan fingerprint density at radius 1 is 0.954 bits per heavy atom. The predicted molar refractivity (Wildman–Crippen MR) is 238 cm³/mol. The number of anilines is 6. The van der Waals surface area contributed by atoms with Crippen molar-refractivity contribution in [2.75, 3.05) is 98.5 Å². The first-order chi connectivity index (χ1) is 31.2. The number of likely N-dealkylation sites (N-methyl/N-ethyl adjacent to an activating group) is 1. The molecule has 65 heavy (non-hydrogen) atoms. The zero-order valence-electron chi connectivity index (χ0n) is 37.0. The largest absolute Gasteiger partial charge is 0.495 e. The van der Waals surface area contributed by atoms with Gasteiger partial charge in [-0.25, -0.2) is 9.37 Å². The van der Waals surface area contributed by atoms with Crippen molar-refractivity contribution in [1.29, 1.82) is 0 Å². The number of hydrogen-bond acceptors (Lipinski definition) is 13. The van der Waals surface area contributed by atoms with Crippen LogP contribution in [0.5, 0.6) is 5.75 Å². The Morgan fingerprint density at radius 3 is 2.38 bits per heavy atom. The number of likely N-dealkylation sites (tertiary alicyclic amines) is 1. The van der Waals surface area contributed by atoms with Crippen molar-refractivity contribution < 1.29 is 41.9 Å². The van der Waals surface area contributed by atoms with Crippen molar-refractivity contribution in [2.24, 2.45) is 0 Å². The van der Waals surface area contributed by atoms with Crippen molar-refractivity contribution in [2.45, 2.75) is 81.8 Å². The Hall–Kier alpha value is -6.18. The van der Waals surface area contributed by atoms with Crippen LogP contribution >= 0.6 is 0 Å². The van der Waals surface area contributed by atoms with Crippen LogP contribution in [0.2, 0.25) is 0 Å². The highest BCUT2D eigenvalue weighted by Gasteiger charge is 2.49. The summed E-state index contributed by atoms with van der Waals surface area (Å²) in [4.78, 5) is 82.3. The first-order valence-corrected chi connectivity index (χ1v) is 22.4. The lowest BCUT2D eigenvalue weighted by molar-refractivity contribution is -0.140. The van der Waals surface area contributed by atoms with Crippen LogP contribution in [0, 0.1) is 5.82 Å². The number of methoxy groups -OCH3 is 1. The summed E-state index contributed by atoms with van der Waals surface area (Å²) < 4.78 is 51.1. The summed E-state index contributed by atoms with van der Waals surface area (Å²) in [5.41, 5.74) is 2.05. The summed E-state index contributed by atoms with van der Waals surface area (Å²) in [5, 5.41) is 8.53. The molecule has 3 N–H and O–H groups in total. The van der Waals surface area contributed by atoms with E-state index in [-0.39, 0.29) is 65.4 Å². The molecule has 0 radical (unpaired) electrons. The monoisotopic (exact) mass is 903 g/mol. The van der Waals surface area contributed by atoms with Gasteiger partial charge in [0, 0.05) is 96.1 Å². The van der Waals surface area contributed by atoms with Crippen molar-refractivity contribution in [3.63, 3.8) is 0 Å². The number of rotatable bonds is 12. The number of carbonyl (C=O) groups excluding carboxylic acids is 5. The van der Waals surface area contributed by atoms with Crippen LogP contribution in [0.4, 0.5) is 47.7 Å². The molecular weight excluding hydrogens is 848 g/mol. The van der Waals surface area contributed by atoms with E-state index in [0.29, 0.717) is 99.9 Å². The number of hydrogen-bond donors (Lipinski definition) is 3. The molecule has 1 unspecified atom stereocenters. The molecule has 1 saturated carbocycles. The van der Waals surface area contributed by atoms with Crippen molar-refractivity contribution >= 4 is 64.1 Å². The fourth-order valence-electron chi connectivity index (χ4n) is 9.53. The number of benzene rings is 2. The second-order valence-corrected chi connectivity index (χ2v) is 17.5. The highest BCUT2D eigenvalue weighted by molar-refractivity contribution is 6.02. The van der Waals surface area contributed by atoms with Crippen molar-refractivity contribution in [1.82, 2.24) is 30.4 Å². The summed E-state index contributed by atoms with van der Waals surface area (Å²) >= 11 is 0. The number of ether oxygens (including phenoxy) is 1. The fraction of sp³-hybridized carbons (Fsp3) is 0.533. The Balaban J connectivity index is 0.790. The molecule has 20 heteroatoms. The molecule has 5 aliphatic rings. The van der Waals surface area contributed by atoms with E-state index in [4.69, 9.17) is 4.74 Å². The summed E-state index contributed by atoms with van der Waals surface area (Å²) in [7, 11) is 4.49. The van der Waals surface area contributed by atoms with Crippen LogP contribution < -0.4 is 40.3 Å². The molecular formula is C45H56F3N11O6. The van der Waals surface area contributed by atoms with E-state index in [0.717, 1.165) is 30.6 Å². The number of aromatic nitrogens is 2. The molecule has 3 aromatic rings. The lowest BCUT2D eigenvalue weighted by Gasteiger charge is -2.37. The summed E-state index contributed by atoms with van der Waals surface area (Å²) in [6.07, 6.45) is 6.78. The molecule has 348 valence electrons. The second-order valence-electron chi connectivity index (χ2n) is 17.5. The van der Waals surface area contributed by atoms with Gasteiger partial charge in [0.15, 0.2) is 5.82 Å². The van der Waals surface area contributed by atoms with Crippen LogP contribution in [0.15, 0.2) is 42.6 Å². The summed E-state index contributed by atoms with van der Waals surface area (Å²) in [6.45, 7) is 3.38. The van der Waals surface area contributed by atoms with Crippen molar-refractivity contribution in [3.05, 3.63) is 54.0 Å². The maximum Gasteiger partial charge on any atom is 0.342 e. The summed E-state index contributed by atoms with van der Waals surface area (Å²) in [6, 6.07) is 8.96. The quantitative estimate of drug-likeness (QED) is 0.224. The van der Waals surface area contributed by atoms with Crippen LogP contribution in [-0.4, -0.2) is 147 Å². The number of carbonyl (C=O) groups is 5. The van der Waals surface area contributed by atoms with Crippen molar-refractivity contribution in [3.8, 4) is 5.75 Å². The molecule has 1 atom stereocenters. The number of alkyl halides is 2. The normalized spacial score (nSPS) is 20.9. The van der Waals surface area contributed by atoms with E-state index in [9.17, 15) is 24.0 Å². The number of amides is 5. The van der Waals surface area contributed by atoms with E-state index in [1.807, 2.05) is 9.80 Å². The molecule has 4 fully saturated rings. The lowest BCUT2D eigenvalue weighted by Crippen LogP contribution is -2.51. The third-order valence-corrected chi connectivity index (χ3v) is 13.4. The average molecular weight is 904 g/mol. The maximum atomic E-state index is 15.4. The Labute approximate surface area is 375 Å². The van der Waals surface area contributed by atoms with E-state index < -0.39 is 24.4 Å². The topological polar surface area (TPSA) is 176 Å². The zero-order valence-corrected chi connectivity index (χ0v) is 37.0. The minimum absolute atomic E-state index is 0.0509. The lowest BCUT2D eigenvalue weighted by atomic mass is 10.0. The molecule has 2 aromatic carbocycles. The highest BCUT2D eigenvalue weighted by Crippen LogP contribution is 2.40. The average Bonchev–Trinajstić information content (AvgIpc) is 3.83.